The molecule has 2 heterocycles. The number of nitrogens with zero attached hydrogens (tertiary/aromatic N) is 2. The van der Waals surface area contributed by atoms with Gasteiger partial charge in [0, 0.05) is 37.3 Å². The van der Waals surface area contributed by atoms with Crippen LogP contribution in [-0.2, 0) is 6.54 Å². The Morgan fingerprint density at radius 1 is 1.18 bits per heavy atom. The fraction of sp³-hybridized carbons (Fsp3) is 0.636. The summed E-state index contributed by atoms with van der Waals surface area (Å²) in [5, 5.41) is 6.02. The van der Waals surface area contributed by atoms with Crippen LogP contribution in [0.15, 0.2) is 24.3 Å². The maximum absolute atomic E-state index is 12.7. The highest BCUT2D eigenvalue weighted by Gasteiger charge is 2.29. The molecule has 0 aliphatic carbocycles. The van der Waals surface area contributed by atoms with Crippen molar-refractivity contribution in [3.63, 3.8) is 0 Å². The van der Waals surface area contributed by atoms with Gasteiger partial charge in [0.05, 0.1) is 0 Å². The fourth-order valence-corrected chi connectivity index (χ4v) is 4.07. The van der Waals surface area contributed by atoms with E-state index in [1.807, 2.05) is 43.0 Å². The van der Waals surface area contributed by atoms with Crippen LogP contribution in [-0.4, -0.2) is 60.0 Å². The summed E-state index contributed by atoms with van der Waals surface area (Å²) in [4.78, 5) is 29.4. The first kappa shape index (κ1) is 20.6. The molecule has 2 fully saturated rings. The Morgan fingerprint density at radius 2 is 1.96 bits per heavy atom. The molecular formula is C22H34N4O2. The summed E-state index contributed by atoms with van der Waals surface area (Å²) in [5.74, 6) is -0.0630. The number of likely N-dealkylation sites (tertiary alicyclic amines) is 2. The third-order valence-corrected chi connectivity index (χ3v) is 5.96. The minimum Gasteiger partial charge on any atom is -0.350 e. The first-order valence-corrected chi connectivity index (χ1v) is 10.7. The Balaban J connectivity index is 1.51. The molecule has 0 bridgehead atoms. The largest absolute Gasteiger partial charge is 0.350 e. The standard InChI is InChI=1S/C22H34N4O2/c1-3-17(2)24-21(27)19-9-6-8-18(14-19)15-23-22(28)26-13-7-10-20(16-26)25-11-4-5-12-25/h6,8-9,14,17,20H,3-5,7,10-13,15-16H2,1-2H3,(H,23,28)(H,24,27). The van der Waals surface area contributed by atoms with Crippen molar-refractivity contribution in [2.75, 3.05) is 26.2 Å². The van der Waals surface area contributed by atoms with E-state index in [0.29, 0.717) is 18.2 Å². The van der Waals surface area contributed by atoms with Gasteiger partial charge in [0.25, 0.3) is 5.91 Å². The first-order chi connectivity index (χ1) is 13.6. The van der Waals surface area contributed by atoms with E-state index in [4.69, 9.17) is 0 Å². The molecule has 2 aliphatic rings. The fourth-order valence-electron chi connectivity index (χ4n) is 4.07. The lowest BCUT2D eigenvalue weighted by Crippen LogP contribution is -2.51. The molecule has 2 aliphatic heterocycles. The minimum atomic E-state index is -0.0630. The molecule has 0 spiro atoms. The van der Waals surface area contributed by atoms with E-state index in [1.54, 1.807) is 0 Å². The van der Waals surface area contributed by atoms with Gasteiger partial charge >= 0.3 is 6.03 Å². The molecule has 28 heavy (non-hydrogen) atoms. The number of carbonyl (C=O) groups excluding carboxylic acids is 2. The summed E-state index contributed by atoms with van der Waals surface area (Å²) >= 11 is 0. The number of piperidine rings is 1. The minimum absolute atomic E-state index is 0.00152. The molecule has 0 saturated carbocycles. The van der Waals surface area contributed by atoms with Crippen LogP contribution in [0, 0.1) is 0 Å². The van der Waals surface area contributed by atoms with Crippen molar-refractivity contribution in [1.82, 2.24) is 20.4 Å². The first-order valence-electron chi connectivity index (χ1n) is 10.7. The van der Waals surface area contributed by atoms with Crippen molar-refractivity contribution in [3.05, 3.63) is 35.4 Å². The van der Waals surface area contributed by atoms with Crippen molar-refractivity contribution in [3.8, 4) is 0 Å². The average molecular weight is 387 g/mol. The van der Waals surface area contributed by atoms with Crippen LogP contribution < -0.4 is 10.6 Å². The van der Waals surface area contributed by atoms with Gasteiger partial charge in [-0.3, -0.25) is 9.69 Å². The molecule has 1 aromatic carbocycles. The Kier molecular flexibility index (Phi) is 7.31. The molecule has 0 aromatic heterocycles. The topological polar surface area (TPSA) is 64.7 Å². The van der Waals surface area contributed by atoms with Gasteiger partial charge in [0.2, 0.25) is 0 Å². The Bertz CT molecular complexity index is 672. The van der Waals surface area contributed by atoms with E-state index >= 15 is 0 Å². The molecule has 2 N–H and O–H groups in total. The molecule has 6 heteroatoms. The second-order valence-corrected chi connectivity index (χ2v) is 8.13. The van der Waals surface area contributed by atoms with Crippen molar-refractivity contribution < 1.29 is 9.59 Å². The third kappa shape index (κ3) is 5.47. The van der Waals surface area contributed by atoms with Gasteiger partial charge in [0.1, 0.15) is 0 Å². The van der Waals surface area contributed by atoms with Gasteiger partial charge in [0.15, 0.2) is 0 Å². The van der Waals surface area contributed by atoms with Crippen LogP contribution in [0.3, 0.4) is 0 Å². The van der Waals surface area contributed by atoms with Crippen LogP contribution in [0.4, 0.5) is 4.79 Å². The highest BCUT2D eigenvalue weighted by Crippen LogP contribution is 2.20. The average Bonchev–Trinajstić information content (AvgIpc) is 3.27. The number of rotatable bonds is 6. The molecule has 3 amide bonds. The number of carbonyl (C=O) groups is 2. The zero-order chi connectivity index (χ0) is 19.9. The van der Waals surface area contributed by atoms with Crippen molar-refractivity contribution in [2.45, 2.75) is 64.6 Å². The van der Waals surface area contributed by atoms with E-state index in [2.05, 4.69) is 15.5 Å². The highest BCUT2D eigenvalue weighted by molar-refractivity contribution is 5.94. The van der Waals surface area contributed by atoms with E-state index < -0.39 is 0 Å². The Morgan fingerprint density at radius 3 is 2.71 bits per heavy atom. The van der Waals surface area contributed by atoms with Gasteiger partial charge in [-0.05, 0) is 69.8 Å². The van der Waals surface area contributed by atoms with Crippen molar-refractivity contribution in [1.29, 1.82) is 0 Å². The summed E-state index contributed by atoms with van der Waals surface area (Å²) in [6.07, 6.45) is 5.72. The molecule has 154 valence electrons. The number of benzene rings is 1. The Labute approximate surface area is 168 Å². The molecule has 2 unspecified atom stereocenters. The van der Waals surface area contributed by atoms with Crippen LogP contribution in [0.1, 0.15) is 61.9 Å². The highest BCUT2D eigenvalue weighted by atomic mass is 16.2. The predicted octanol–water partition coefficient (Wildman–Crippen LogP) is 2.98. The maximum Gasteiger partial charge on any atom is 0.317 e. The van der Waals surface area contributed by atoms with Gasteiger partial charge in [-0.1, -0.05) is 19.1 Å². The summed E-state index contributed by atoms with van der Waals surface area (Å²) in [5.41, 5.74) is 1.58. The molecule has 3 rings (SSSR count). The lowest BCUT2D eigenvalue weighted by molar-refractivity contribution is 0.0939. The summed E-state index contributed by atoms with van der Waals surface area (Å²) < 4.78 is 0. The molecular weight excluding hydrogens is 352 g/mol. The second kappa shape index (κ2) is 9.92. The van der Waals surface area contributed by atoms with Gasteiger partial charge in [-0.2, -0.15) is 0 Å². The van der Waals surface area contributed by atoms with E-state index in [0.717, 1.165) is 31.5 Å². The third-order valence-electron chi connectivity index (χ3n) is 5.96. The number of amides is 3. The van der Waals surface area contributed by atoms with Crippen LogP contribution in [0.25, 0.3) is 0 Å². The quantitative estimate of drug-likeness (QED) is 0.790. The van der Waals surface area contributed by atoms with Crippen LogP contribution >= 0.6 is 0 Å². The zero-order valence-electron chi connectivity index (χ0n) is 17.2. The summed E-state index contributed by atoms with van der Waals surface area (Å²) in [6, 6.07) is 8.16. The predicted molar refractivity (Wildman–Crippen MR) is 111 cm³/mol. The molecule has 2 saturated heterocycles. The van der Waals surface area contributed by atoms with E-state index in [-0.39, 0.29) is 18.0 Å². The second-order valence-electron chi connectivity index (χ2n) is 8.13. The molecule has 2 atom stereocenters. The zero-order valence-corrected chi connectivity index (χ0v) is 17.2. The van der Waals surface area contributed by atoms with Gasteiger partial charge < -0.3 is 15.5 Å². The summed E-state index contributed by atoms with van der Waals surface area (Å²) in [7, 11) is 0. The van der Waals surface area contributed by atoms with Gasteiger partial charge in [-0.15, -0.1) is 0 Å². The normalized spacial score (nSPS) is 21.4. The maximum atomic E-state index is 12.7. The van der Waals surface area contributed by atoms with Gasteiger partial charge in [-0.25, -0.2) is 4.79 Å². The van der Waals surface area contributed by atoms with Crippen molar-refractivity contribution in [2.24, 2.45) is 0 Å². The van der Waals surface area contributed by atoms with E-state index in [9.17, 15) is 9.59 Å². The monoisotopic (exact) mass is 386 g/mol. The SMILES string of the molecule is CCC(C)NC(=O)c1cccc(CNC(=O)N2CCCC(N3CCCC3)C2)c1. The van der Waals surface area contributed by atoms with Crippen LogP contribution in [0.2, 0.25) is 0 Å². The Hall–Kier alpha value is -2.08. The van der Waals surface area contributed by atoms with Crippen LogP contribution in [0.5, 0.6) is 0 Å². The smallest absolute Gasteiger partial charge is 0.317 e. The van der Waals surface area contributed by atoms with Crippen molar-refractivity contribution >= 4 is 11.9 Å². The molecule has 0 radical (unpaired) electrons. The number of hydrogen-bond acceptors (Lipinski definition) is 3. The van der Waals surface area contributed by atoms with E-state index in [1.165, 1.54) is 32.4 Å². The molecule has 1 aromatic rings. The number of hydrogen-bond donors (Lipinski definition) is 2. The number of urea groups is 1. The lowest BCUT2D eigenvalue weighted by atomic mass is 10.0. The lowest BCUT2D eigenvalue weighted by Gasteiger charge is -2.37. The molecule has 6 nitrogen and oxygen atoms in total. The number of nitrogens with one attached hydrogen (secondary N) is 2. The summed E-state index contributed by atoms with van der Waals surface area (Å²) in [6.45, 7) is 8.48.